The molecule has 25 heteroatoms. The van der Waals surface area contributed by atoms with Gasteiger partial charge in [0, 0.05) is 101 Å². The molecular weight excluding hydrogens is 1080 g/mol. The van der Waals surface area contributed by atoms with Crippen molar-refractivity contribution in [2.75, 3.05) is 82.8 Å². The van der Waals surface area contributed by atoms with E-state index in [-0.39, 0.29) is 23.9 Å². The summed E-state index contributed by atoms with van der Waals surface area (Å²) in [5.74, 6) is 1.20. The van der Waals surface area contributed by atoms with Gasteiger partial charge in [-0.15, -0.1) is 0 Å². The molecule has 0 saturated carbocycles. The number of anilines is 4. The predicted molar refractivity (Wildman–Crippen MR) is 324 cm³/mol. The molecule has 25 nitrogen and oxygen atoms in total. The van der Waals surface area contributed by atoms with Gasteiger partial charge in [-0.2, -0.15) is 15.3 Å². The molecule has 11 aromatic rings. The first-order valence-electron chi connectivity index (χ1n) is 28.1. The van der Waals surface area contributed by atoms with Crippen LogP contribution in [0.4, 0.5) is 23.0 Å². The highest BCUT2D eigenvalue weighted by atomic mass is 16.5. The molecule has 0 radical (unpaired) electrons. The Morgan fingerprint density at radius 1 is 0.647 bits per heavy atom. The van der Waals surface area contributed by atoms with Crippen LogP contribution in [0.15, 0.2) is 104 Å². The molecule has 2 aromatic carbocycles. The Bertz CT molecular complexity index is 4260. The topological polar surface area (TPSA) is 296 Å². The Morgan fingerprint density at radius 3 is 1.73 bits per heavy atom. The van der Waals surface area contributed by atoms with Crippen molar-refractivity contribution < 1.29 is 23.8 Å². The highest BCUT2D eigenvalue weighted by Crippen LogP contribution is 2.40. The Hall–Kier alpha value is -9.85. The maximum atomic E-state index is 13.3. The predicted octanol–water partition coefficient (Wildman–Crippen LogP) is 7.60. The number of nitrogens with zero attached hydrogens (tertiary/aromatic N) is 15. The van der Waals surface area contributed by atoms with Gasteiger partial charge in [0.25, 0.3) is 11.8 Å². The molecule has 436 valence electrons. The lowest BCUT2D eigenvalue weighted by atomic mass is 10.0. The Labute approximate surface area is 488 Å². The van der Waals surface area contributed by atoms with Crippen molar-refractivity contribution in [2.24, 2.45) is 14.1 Å². The number of aromatic nitrogens is 14. The molecular formula is C60H66N20O5. The highest BCUT2D eigenvalue weighted by molar-refractivity contribution is 6.08. The maximum absolute atomic E-state index is 13.3. The SMILES string of the molecule is COCCN1CCC(n2nc(-c3ccc(NC(=O)c4cc5cccnc5n4C)c(OC)c3)c3c(N)ncnc32)CC1.COc1cc(-c2nn(C3CCN(Cc4cn[nH]c4C)CC3)c3ncnc(N)c23)ccc1NC(=O)c1cc2ncccc2n1C. The van der Waals surface area contributed by atoms with E-state index in [1.807, 2.05) is 101 Å². The van der Waals surface area contributed by atoms with Crippen molar-refractivity contribution in [1.82, 2.24) is 78.6 Å². The van der Waals surface area contributed by atoms with Crippen LogP contribution in [0.3, 0.4) is 0 Å². The molecule has 2 aliphatic heterocycles. The number of methoxy groups -OCH3 is 3. The minimum atomic E-state index is -0.266. The van der Waals surface area contributed by atoms with Crippen LogP contribution < -0.4 is 31.6 Å². The van der Waals surface area contributed by atoms with E-state index < -0.39 is 0 Å². The number of nitrogen functional groups attached to an aromatic ring is 2. The Morgan fingerprint density at radius 2 is 1.20 bits per heavy atom. The summed E-state index contributed by atoms with van der Waals surface area (Å²) in [4.78, 5) is 57.8. The van der Waals surface area contributed by atoms with E-state index >= 15 is 0 Å². The van der Waals surface area contributed by atoms with Crippen molar-refractivity contribution in [3.8, 4) is 34.0 Å². The number of ether oxygens (including phenoxy) is 3. The number of carbonyl (C=O) groups is 2. The summed E-state index contributed by atoms with van der Waals surface area (Å²) in [6, 6.07) is 22.6. The summed E-state index contributed by atoms with van der Waals surface area (Å²) in [5.41, 5.74) is 23.9. The van der Waals surface area contributed by atoms with E-state index in [9.17, 15) is 9.59 Å². The highest BCUT2D eigenvalue weighted by Gasteiger charge is 2.29. The molecule has 9 aromatic heterocycles. The average Bonchev–Trinajstić information content (AvgIpc) is 2.15. The van der Waals surface area contributed by atoms with Crippen molar-refractivity contribution >= 4 is 79.0 Å². The maximum Gasteiger partial charge on any atom is 0.272 e. The number of nitrogens with two attached hydrogens (primary N) is 2. The Balaban J connectivity index is 0.000000167. The summed E-state index contributed by atoms with van der Waals surface area (Å²) in [6.07, 6.45) is 12.0. The molecule has 0 atom stereocenters. The van der Waals surface area contributed by atoms with Gasteiger partial charge in [-0.1, -0.05) is 12.1 Å². The van der Waals surface area contributed by atoms with Gasteiger partial charge in [0.1, 0.15) is 64.2 Å². The number of H-pyrrole nitrogens is 1. The van der Waals surface area contributed by atoms with Gasteiger partial charge in [-0.05, 0) is 93.3 Å². The van der Waals surface area contributed by atoms with Crippen molar-refractivity contribution in [2.45, 2.75) is 51.2 Å². The third-order valence-corrected chi connectivity index (χ3v) is 16.3. The van der Waals surface area contributed by atoms with Gasteiger partial charge in [-0.3, -0.25) is 24.6 Å². The fourth-order valence-electron chi connectivity index (χ4n) is 11.6. The third kappa shape index (κ3) is 10.9. The second-order valence-corrected chi connectivity index (χ2v) is 21.3. The molecule has 0 aliphatic carbocycles. The third-order valence-electron chi connectivity index (χ3n) is 16.3. The molecule has 0 spiro atoms. The van der Waals surface area contributed by atoms with Gasteiger partial charge in [-0.25, -0.2) is 34.3 Å². The number of likely N-dealkylation sites (tertiary alicyclic amines) is 2. The zero-order valence-electron chi connectivity index (χ0n) is 48.2. The summed E-state index contributed by atoms with van der Waals surface area (Å²) >= 11 is 0. The van der Waals surface area contributed by atoms with Crippen molar-refractivity contribution in [3.05, 3.63) is 127 Å². The number of rotatable bonds is 15. The fraction of sp³-hybridized carbons (Fsp3) is 0.317. The number of piperidine rings is 2. The van der Waals surface area contributed by atoms with Crippen LogP contribution in [-0.4, -0.2) is 151 Å². The average molecular weight is 1150 g/mol. The van der Waals surface area contributed by atoms with Crippen LogP contribution in [-0.2, 0) is 25.4 Å². The molecule has 0 unspecified atom stereocenters. The van der Waals surface area contributed by atoms with Crippen LogP contribution in [0.5, 0.6) is 11.5 Å². The van der Waals surface area contributed by atoms with E-state index in [1.54, 1.807) is 44.4 Å². The zero-order valence-corrected chi connectivity index (χ0v) is 48.2. The number of aryl methyl sites for hydroxylation is 3. The summed E-state index contributed by atoms with van der Waals surface area (Å²) in [5, 5.41) is 25.5. The number of pyridine rings is 2. The molecule has 0 bridgehead atoms. The van der Waals surface area contributed by atoms with E-state index in [1.165, 1.54) is 18.2 Å². The van der Waals surface area contributed by atoms with Gasteiger partial charge in [0.2, 0.25) is 0 Å². The largest absolute Gasteiger partial charge is 0.495 e. The van der Waals surface area contributed by atoms with Crippen LogP contribution >= 0.6 is 0 Å². The van der Waals surface area contributed by atoms with E-state index in [0.29, 0.717) is 79.4 Å². The number of benzene rings is 2. The Kier molecular flexibility index (Phi) is 15.6. The molecule has 13 rings (SSSR count). The number of amides is 2. The van der Waals surface area contributed by atoms with Crippen molar-refractivity contribution in [3.63, 3.8) is 0 Å². The summed E-state index contributed by atoms with van der Waals surface area (Å²) < 4.78 is 24.2. The lowest BCUT2D eigenvalue weighted by Gasteiger charge is -2.32. The molecule has 85 heavy (non-hydrogen) atoms. The fourth-order valence-corrected chi connectivity index (χ4v) is 11.6. The molecule has 2 fully saturated rings. The second-order valence-electron chi connectivity index (χ2n) is 21.3. The smallest absolute Gasteiger partial charge is 0.272 e. The lowest BCUT2D eigenvalue weighted by molar-refractivity contribution is 0.101. The summed E-state index contributed by atoms with van der Waals surface area (Å²) in [7, 11) is 8.54. The van der Waals surface area contributed by atoms with Crippen LogP contribution in [0.2, 0.25) is 0 Å². The first-order valence-corrected chi connectivity index (χ1v) is 28.1. The number of carbonyl (C=O) groups excluding carboxylic acids is 2. The zero-order chi connectivity index (χ0) is 58.9. The monoisotopic (exact) mass is 1150 g/mol. The van der Waals surface area contributed by atoms with Gasteiger partial charge in [0.15, 0.2) is 11.3 Å². The van der Waals surface area contributed by atoms with Crippen molar-refractivity contribution in [1.29, 1.82) is 0 Å². The van der Waals surface area contributed by atoms with Crippen LogP contribution in [0, 0.1) is 6.92 Å². The van der Waals surface area contributed by atoms with E-state index in [4.69, 9.17) is 35.9 Å². The van der Waals surface area contributed by atoms with Gasteiger partial charge < -0.3 is 50.3 Å². The molecule has 11 heterocycles. The number of hydrogen-bond acceptors (Lipinski definition) is 18. The number of aromatic amines is 1. The molecule has 7 N–H and O–H groups in total. The minimum absolute atomic E-state index is 0.165. The number of hydrogen-bond donors (Lipinski definition) is 5. The lowest BCUT2D eigenvalue weighted by Crippen LogP contribution is -2.36. The van der Waals surface area contributed by atoms with E-state index in [2.05, 4.69) is 67.5 Å². The number of nitrogens with one attached hydrogen (secondary N) is 3. The first-order chi connectivity index (χ1) is 41.4. The summed E-state index contributed by atoms with van der Waals surface area (Å²) in [6.45, 7) is 8.35. The first kappa shape index (κ1) is 55.7. The van der Waals surface area contributed by atoms with Gasteiger partial charge in [0.05, 0.1) is 72.3 Å². The van der Waals surface area contributed by atoms with Crippen LogP contribution in [0.1, 0.15) is 70.0 Å². The standard InChI is InChI=1S/C31H33N11O2.C29H33N9O3/c1-18-20(15-36-38-18)16-41-11-8-21(9-12-41)42-30-27(29(32)34-17-35-30)28(39-42)19-6-7-22(26(13-19)44-3)37-31(43)25-14-23-24(40(25)2)5-4-10-33-23;1-36-22(15-19-5-4-10-31-27(19)36)29(39)34-21-7-6-18(16-23(21)41-3)25-24-26(30)32-17-33-28(24)38(35-25)20-8-11-37(12-9-20)13-14-40-2/h4-7,10,13-15,17,21H,8-9,11-12,16H2,1-3H3,(H,36,38)(H,37,43)(H2,32,34,35);4-7,10,15-17,20H,8-9,11-14H2,1-3H3,(H,34,39)(H2,30,32,33). The number of fused-ring (bicyclic) bond motifs is 4. The van der Waals surface area contributed by atoms with E-state index in [0.717, 1.165) is 110 Å². The molecule has 2 saturated heterocycles. The van der Waals surface area contributed by atoms with Gasteiger partial charge >= 0.3 is 0 Å². The normalized spacial score (nSPS) is 14.5. The minimum Gasteiger partial charge on any atom is -0.495 e. The second kappa shape index (κ2) is 23.8. The van der Waals surface area contributed by atoms with Crippen LogP contribution in [0.25, 0.3) is 66.6 Å². The molecule has 2 aliphatic rings. The molecule has 2 amide bonds. The quantitative estimate of drug-likeness (QED) is 0.0660.